The number of β-lactam (4-membered cyclic amide) rings is 1. The summed E-state index contributed by atoms with van der Waals surface area (Å²) in [5.74, 6) is -2.18. The first-order chi connectivity index (χ1) is 14.8. The quantitative estimate of drug-likeness (QED) is 0.368. The van der Waals surface area contributed by atoms with Gasteiger partial charge in [-0.3, -0.25) is 14.5 Å². The summed E-state index contributed by atoms with van der Waals surface area (Å²) < 4.78 is 10.5. The molecule has 0 N–H and O–H groups in total. The van der Waals surface area contributed by atoms with Crippen molar-refractivity contribution in [2.45, 2.75) is 39.5 Å². The molecule has 3 rings (SSSR count). The number of hydrogen-bond donors (Lipinski definition) is 0. The summed E-state index contributed by atoms with van der Waals surface area (Å²) >= 11 is 0. The molecule has 0 saturated carbocycles. The summed E-state index contributed by atoms with van der Waals surface area (Å²) in [4.78, 5) is 52.1. The SMILES string of the molecule is CCOC(=O)C(OC(=O)c1ccccc1)N1C(=O)C[C@H]1C(C)(C)C(=O)c1ccccc1. The minimum atomic E-state index is -1.57. The van der Waals surface area contributed by atoms with Gasteiger partial charge in [0.1, 0.15) is 0 Å². The number of rotatable bonds is 8. The fourth-order valence-electron chi connectivity index (χ4n) is 3.62. The van der Waals surface area contributed by atoms with E-state index in [-0.39, 0.29) is 24.4 Å². The summed E-state index contributed by atoms with van der Waals surface area (Å²) in [6.07, 6.45) is -1.51. The zero-order chi connectivity index (χ0) is 22.6. The van der Waals surface area contributed by atoms with Crippen molar-refractivity contribution >= 4 is 23.6 Å². The molecule has 162 valence electrons. The van der Waals surface area contributed by atoms with Crippen molar-refractivity contribution in [1.82, 2.24) is 4.90 Å². The van der Waals surface area contributed by atoms with Gasteiger partial charge in [-0.2, -0.15) is 0 Å². The normalized spacial score (nSPS) is 16.8. The summed E-state index contributed by atoms with van der Waals surface area (Å²) in [6.45, 7) is 5.10. The van der Waals surface area contributed by atoms with E-state index in [1.165, 1.54) is 0 Å². The lowest BCUT2D eigenvalue weighted by atomic mass is 9.72. The van der Waals surface area contributed by atoms with Crippen LogP contribution in [0.25, 0.3) is 0 Å². The summed E-state index contributed by atoms with van der Waals surface area (Å²) in [5, 5.41) is 0. The molecule has 31 heavy (non-hydrogen) atoms. The minimum Gasteiger partial charge on any atom is -0.462 e. The van der Waals surface area contributed by atoms with E-state index < -0.39 is 35.5 Å². The molecule has 1 heterocycles. The number of ketones is 1. The van der Waals surface area contributed by atoms with Crippen molar-refractivity contribution in [3.8, 4) is 0 Å². The van der Waals surface area contributed by atoms with Crippen LogP contribution in [0.2, 0.25) is 0 Å². The Labute approximate surface area is 180 Å². The molecule has 2 aromatic rings. The van der Waals surface area contributed by atoms with Crippen LogP contribution in [0, 0.1) is 5.41 Å². The average Bonchev–Trinajstić information content (AvgIpc) is 2.77. The van der Waals surface area contributed by atoms with Crippen LogP contribution in [0.1, 0.15) is 47.9 Å². The monoisotopic (exact) mass is 423 g/mol. The number of esters is 2. The van der Waals surface area contributed by atoms with Crippen LogP contribution in [0.5, 0.6) is 0 Å². The second-order valence-corrected chi connectivity index (χ2v) is 7.81. The molecule has 1 aliphatic rings. The van der Waals surface area contributed by atoms with Gasteiger partial charge in [-0.05, 0) is 19.1 Å². The zero-order valence-corrected chi connectivity index (χ0v) is 17.7. The molecule has 2 atom stereocenters. The smallest absolute Gasteiger partial charge is 0.369 e. The van der Waals surface area contributed by atoms with Crippen LogP contribution in [0.3, 0.4) is 0 Å². The van der Waals surface area contributed by atoms with Gasteiger partial charge < -0.3 is 9.47 Å². The fraction of sp³-hybridized carbons (Fsp3) is 0.333. The first kappa shape index (κ1) is 22.2. The minimum absolute atomic E-state index is 0.0528. The topological polar surface area (TPSA) is 90.0 Å². The molecule has 0 spiro atoms. The number of benzene rings is 2. The highest BCUT2D eigenvalue weighted by atomic mass is 16.6. The predicted octanol–water partition coefficient (Wildman–Crippen LogP) is 3.24. The van der Waals surface area contributed by atoms with E-state index in [1.807, 2.05) is 6.07 Å². The molecule has 0 aromatic heterocycles. The second kappa shape index (κ2) is 9.12. The van der Waals surface area contributed by atoms with Gasteiger partial charge in [-0.15, -0.1) is 0 Å². The maximum absolute atomic E-state index is 13.2. The number of Topliss-reactive ketones (excluding diaryl/α,β-unsaturated/α-hetero) is 1. The Morgan fingerprint density at radius 1 is 1.00 bits per heavy atom. The van der Waals surface area contributed by atoms with E-state index in [0.29, 0.717) is 5.56 Å². The van der Waals surface area contributed by atoms with Gasteiger partial charge >= 0.3 is 11.9 Å². The number of likely N-dealkylation sites (tertiary alicyclic amines) is 1. The molecule has 2 aromatic carbocycles. The van der Waals surface area contributed by atoms with Gasteiger partial charge in [-0.1, -0.05) is 62.4 Å². The van der Waals surface area contributed by atoms with Gasteiger partial charge in [0.15, 0.2) is 5.78 Å². The molecular formula is C24H25NO6. The van der Waals surface area contributed by atoms with E-state index in [1.54, 1.807) is 75.4 Å². The largest absolute Gasteiger partial charge is 0.462 e. The van der Waals surface area contributed by atoms with Crippen molar-refractivity contribution in [2.24, 2.45) is 5.41 Å². The molecule has 0 bridgehead atoms. The molecular weight excluding hydrogens is 398 g/mol. The number of carbonyl (C=O) groups excluding carboxylic acids is 4. The van der Waals surface area contributed by atoms with Crippen LogP contribution < -0.4 is 0 Å². The lowest BCUT2D eigenvalue weighted by Gasteiger charge is -2.49. The lowest BCUT2D eigenvalue weighted by Crippen LogP contribution is -2.67. The van der Waals surface area contributed by atoms with Crippen LogP contribution >= 0.6 is 0 Å². The van der Waals surface area contributed by atoms with Gasteiger partial charge in [0.05, 0.1) is 18.2 Å². The lowest BCUT2D eigenvalue weighted by molar-refractivity contribution is -0.188. The molecule has 1 amide bonds. The van der Waals surface area contributed by atoms with Crippen LogP contribution in [-0.4, -0.2) is 47.4 Å². The van der Waals surface area contributed by atoms with Gasteiger partial charge in [0.25, 0.3) is 6.23 Å². The van der Waals surface area contributed by atoms with E-state index >= 15 is 0 Å². The second-order valence-electron chi connectivity index (χ2n) is 7.81. The van der Waals surface area contributed by atoms with Gasteiger partial charge in [-0.25, -0.2) is 9.59 Å². The number of ether oxygens (including phenoxy) is 2. The average molecular weight is 423 g/mol. The van der Waals surface area contributed by atoms with Crippen LogP contribution in [0.15, 0.2) is 60.7 Å². The van der Waals surface area contributed by atoms with Crippen molar-refractivity contribution < 1.29 is 28.7 Å². The molecule has 1 aliphatic heterocycles. The first-order valence-corrected chi connectivity index (χ1v) is 10.1. The standard InChI is InChI=1S/C24H25NO6/c1-4-30-23(29)21(31-22(28)17-13-9-6-10-14-17)25-18(15-19(25)26)24(2,3)20(27)16-11-7-5-8-12-16/h5-14,18,21H,4,15H2,1-3H3/t18-,21?/m0/s1. The number of amides is 1. The van der Waals surface area contributed by atoms with E-state index in [0.717, 1.165) is 4.90 Å². The third-order valence-electron chi connectivity index (χ3n) is 5.42. The Morgan fingerprint density at radius 2 is 1.55 bits per heavy atom. The van der Waals surface area contributed by atoms with Gasteiger partial charge in [0, 0.05) is 17.4 Å². The predicted molar refractivity (Wildman–Crippen MR) is 112 cm³/mol. The maximum atomic E-state index is 13.2. The molecule has 0 aliphatic carbocycles. The Bertz CT molecular complexity index is 970. The Balaban J connectivity index is 1.88. The van der Waals surface area contributed by atoms with Crippen molar-refractivity contribution in [1.29, 1.82) is 0 Å². The first-order valence-electron chi connectivity index (χ1n) is 10.1. The van der Waals surface area contributed by atoms with Crippen LogP contribution in [-0.2, 0) is 19.1 Å². The summed E-state index contributed by atoms with van der Waals surface area (Å²) in [7, 11) is 0. The molecule has 7 heteroatoms. The Hall–Kier alpha value is -3.48. The van der Waals surface area contributed by atoms with Crippen LogP contribution in [0.4, 0.5) is 0 Å². The maximum Gasteiger partial charge on any atom is 0.369 e. The molecule has 1 saturated heterocycles. The third kappa shape index (κ3) is 4.50. The molecule has 1 unspecified atom stereocenters. The highest BCUT2D eigenvalue weighted by Gasteiger charge is 2.55. The van der Waals surface area contributed by atoms with Gasteiger partial charge in [0.2, 0.25) is 5.91 Å². The summed E-state index contributed by atoms with van der Waals surface area (Å²) in [5.41, 5.74) is -0.277. The summed E-state index contributed by atoms with van der Waals surface area (Å²) in [6, 6.07) is 16.3. The van der Waals surface area contributed by atoms with E-state index in [2.05, 4.69) is 0 Å². The highest BCUT2D eigenvalue weighted by Crippen LogP contribution is 2.39. The zero-order valence-electron chi connectivity index (χ0n) is 17.7. The van der Waals surface area contributed by atoms with E-state index in [9.17, 15) is 19.2 Å². The number of hydrogen-bond acceptors (Lipinski definition) is 6. The Kier molecular flexibility index (Phi) is 6.53. The Morgan fingerprint density at radius 3 is 2.06 bits per heavy atom. The van der Waals surface area contributed by atoms with Crippen molar-refractivity contribution in [2.75, 3.05) is 6.61 Å². The van der Waals surface area contributed by atoms with E-state index in [4.69, 9.17) is 9.47 Å². The molecule has 7 nitrogen and oxygen atoms in total. The van der Waals surface area contributed by atoms with Crippen molar-refractivity contribution in [3.63, 3.8) is 0 Å². The molecule has 1 fully saturated rings. The van der Waals surface area contributed by atoms with Crippen molar-refractivity contribution in [3.05, 3.63) is 71.8 Å². The third-order valence-corrected chi connectivity index (χ3v) is 5.42. The number of carbonyl (C=O) groups is 4. The number of nitrogens with zero attached hydrogens (tertiary/aromatic N) is 1. The molecule has 0 radical (unpaired) electrons. The fourth-order valence-corrected chi connectivity index (χ4v) is 3.62. The highest BCUT2D eigenvalue weighted by molar-refractivity contribution is 6.02.